The fourth-order valence-corrected chi connectivity index (χ4v) is 0.909. The van der Waals surface area contributed by atoms with E-state index in [4.69, 9.17) is 0 Å². The molecule has 0 aromatic heterocycles. The van der Waals surface area contributed by atoms with Crippen molar-refractivity contribution in [1.29, 1.82) is 0 Å². The average molecular weight is 376 g/mol. The molecule has 0 atom stereocenters. The average Bonchev–Trinajstić information content (AvgIpc) is 1.68. The van der Waals surface area contributed by atoms with Crippen molar-refractivity contribution in [2.75, 3.05) is 0 Å². The van der Waals surface area contributed by atoms with E-state index in [1.807, 2.05) is 12.2 Å². The van der Waals surface area contributed by atoms with Gasteiger partial charge in [0, 0.05) is 0 Å². The normalized spacial score (nSPS) is 7.50. The molecule has 0 aromatic rings. The minimum Gasteiger partial charge on any atom is -1.00 e. The molecule has 0 aliphatic heterocycles. The molecular weight excluding hydrogens is 365 g/mol. The molecule has 0 radical (unpaired) electrons. The molecule has 0 aliphatic rings. The zero-order valence-corrected chi connectivity index (χ0v) is 11.4. The van der Waals surface area contributed by atoms with Crippen LogP contribution < -0.4 is 48.0 Å². The van der Waals surface area contributed by atoms with Gasteiger partial charge < -0.3 is 48.0 Å². The number of hydrogen-bond acceptors (Lipinski definition) is 0. The van der Waals surface area contributed by atoms with Gasteiger partial charge in [-0.1, -0.05) is 0 Å². The zero-order chi connectivity index (χ0) is 6.41. The molecule has 3 heteroatoms. The van der Waals surface area contributed by atoms with Crippen LogP contribution in [-0.4, -0.2) is 16.3 Å². The van der Waals surface area contributed by atoms with Crippen molar-refractivity contribution < 1.29 is 48.0 Å². The molecule has 0 amide bonds. The first-order chi connectivity index (χ1) is 3.81. The Kier molecular flexibility index (Phi) is 22.9. The van der Waals surface area contributed by atoms with E-state index in [1.54, 1.807) is 0 Å². The zero-order valence-electron chi connectivity index (χ0n) is 5.89. The van der Waals surface area contributed by atoms with Gasteiger partial charge in [-0.05, 0) is 0 Å². The van der Waals surface area contributed by atoms with Gasteiger partial charge >= 0.3 is 59.2 Å². The van der Waals surface area contributed by atoms with Crippen molar-refractivity contribution in [3.8, 4) is 0 Å². The predicted octanol–water partition coefficient (Wildman–Crippen LogP) is -3.90. The molecule has 0 saturated heterocycles. The van der Waals surface area contributed by atoms with E-state index in [1.165, 1.54) is 0 Å². The number of hydrogen-bond donors (Lipinski definition) is 0. The second-order valence-corrected chi connectivity index (χ2v) is 2.75. The van der Waals surface area contributed by atoms with Gasteiger partial charge in [0.1, 0.15) is 0 Å². The van der Waals surface area contributed by atoms with E-state index in [2.05, 4.69) is 29.4 Å². The van der Waals surface area contributed by atoms with Crippen LogP contribution in [-0.2, 0) is 0 Å². The maximum atomic E-state index is 3.64. The molecule has 0 unspecified atom stereocenters. The largest absolute Gasteiger partial charge is 1.00 e. The first kappa shape index (κ1) is 17.5. The smallest absolute Gasteiger partial charge is 1.00 e. The second kappa shape index (κ2) is 13.1. The van der Waals surface area contributed by atoms with Gasteiger partial charge in [0.05, 0.1) is 0 Å². The summed E-state index contributed by atoms with van der Waals surface area (Å²) < 4.78 is 0.644. The van der Waals surface area contributed by atoms with Gasteiger partial charge in [0.25, 0.3) is 0 Å². The fourth-order valence-electron chi connectivity index (χ4n) is 0.524. The van der Waals surface area contributed by atoms with Crippen LogP contribution in [0.5, 0.6) is 0 Å². The Morgan fingerprint density at radius 3 is 1.60 bits per heavy atom. The molecular formula is C7H11AlI2. The van der Waals surface area contributed by atoms with E-state index in [0.717, 1.165) is 12.8 Å². The summed E-state index contributed by atoms with van der Waals surface area (Å²) in [6, 6.07) is 0. The first-order valence-electron chi connectivity index (χ1n) is 2.78. The summed E-state index contributed by atoms with van der Waals surface area (Å²) in [6.45, 7) is 7.27. The van der Waals surface area contributed by atoms with Crippen molar-refractivity contribution in [1.82, 2.24) is 0 Å². The molecule has 56 valence electrons. The summed E-state index contributed by atoms with van der Waals surface area (Å²) in [5.74, 6) is 0. The summed E-state index contributed by atoms with van der Waals surface area (Å²) in [7, 11) is 0. The third-order valence-corrected chi connectivity index (χ3v) is 1.48. The quantitative estimate of drug-likeness (QED) is 0.268. The Morgan fingerprint density at radius 2 is 1.40 bits per heavy atom. The standard InChI is InChI=1S/C7H11.Al.2HI/c1-3-5-7-6-4-2;;;/h3-4,7H,1-2,5-6H2;;2*1H/q;+2;;/p-2. The summed E-state index contributed by atoms with van der Waals surface area (Å²) in [6.07, 6.45) is 6.00. The van der Waals surface area contributed by atoms with Crippen LogP contribution in [0.4, 0.5) is 0 Å². The van der Waals surface area contributed by atoms with Gasteiger partial charge in [-0.3, -0.25) is 0 Å². The molecule has 0 bridgehead atoms. The summed E-state index contributed by atoms with van der Waals surface area (Å²) in [5.41, 5.74) is 0. The van der Waals surface area contributed by atoms with Crippen LogP contribution in [0.3, 0.4) is 0 Å². The van der Waals surface area contributed by atoms with Gasteiger partial charge in [0.15, 0.2) is 0 Å². The Balaban J connectivity index is -0.000000245. The number of allylic oxidation sites excluding steroid dienone is 2. The minimum absolute atomic E-state index is 0. The van der Waals surface area contributed by atoms with E-state index in [-0.39, 0.29) is 48.0 Å². The molecule has 0 spiro atoms. The van der Waals surface area contributed by atoms with Gasteiger partial charge in [-0.15, -0.1) is 0 Å². The summed E-state index contributed by atoms with van der Waals surface area (Å²) in [5, 5.41) is 0. The van der Waals surface area contributed by atoms with Crippen molar-refractivity contribution in [3.05, 3.63) is 25.3 Å². The summed E-state index contributed by atoms with van der Waals surface area (Å²) in [4.78, 5) is 0. The van der Waals surface area contributed by atoms with Gasteiger partial charge in [-0.2, -0.15) is 0 Å². The monoisotopic (exact) mass is 376 g/mol. The Labute approximate surface area is 106 Å². The van der Waals surface area contributed by atoms with Crippen LogP contribution in [0.2, 0.25) is 4.78 Å². The Hall–Kier alpha value is 1.47. The molecule has 0 fully saturated rings. The molecule has 0 rings (SSSR count). The van der Waals surface area contributed by atoms with Gasteiger partial charge in [0.2, 0.25) is 0 Å². The van der Waals surface area contributed by atoms with Gasteiger partial charge in [-0.25, -0.2) is 0 Å². The minimum atomic E-state index is 0. The number of halogens is 2. The SMILES string of the molecule is C=CC[CH]([Al+2])CC=C.[I-].[I-]. The second-order valence-electron chi connectivity index (χ2n) is 1.81. The van der Waals surface area contributed by atoms with Crippen molar-refractivity contribution >= 4 is 16.3 Å². The van der Waals surface area contributed by atoms with Crippen molar-refractivity contribution in [3.63, 3.8) is 0 Å². The van der Waals surface area contributed by atoms with E-state index in [0.29, 0.717) is 4.78 Å². The maximum absolute atomic E-state index is 3.64. The molecule has 0 heterocycles. The first-order valence-corrected chi connectivity index (χ1v) is 3.45. The van der Waals surface area contributed by atoms with E-state index < -0.39 is 0 Å². The molecule has 0 saturated carbocycles. The van der Waals surface area contributed by atoms with Crippen LogP contribution in [0.1, 0.15) is 12.8 Å². The molecule has 0 aliphatic carbocycles. The van der Waals surface area contributed by atoms with Crippen LogP contribution in [0.15, 0.2) is 25.3 Å². The molecule has 0 aromatic carbocycles. The van der Waals surface area contributed by atoms with Crippen LogP contribution in [0.25, 0.3) is 0 Å². The fraction of sp³-hybridized carbons (Fsp3) is 0.429. The third-order valence-electron chi connectivity index (χ3n) is 0.939. The van der Waals surface area contributed by atoms with E-state index >= 15 is 0 Å². The summed E-state index contributed by atoms with van der Waals surface area (Å²) >= 11 is 2.76. The molecule has 0 N–H and O–H groups in total. The van der Waals surface area contributed by atoms with Crippen LogP contribution >= 0.6 is 0 Å². The predicted molar refractivity (Wildman–Crippen MR) is 39.1 cm³/mol. The van der Waals surface area contributed by atoms with E-state index in [9.17, 15) is 0 Å². The maximum Gasteiger partial charge on any atom is -1.00 e. The topological polar surface area (TPSA) is 0 Å². The van der Waals surface area contributed by atoms with Crippen molar-refractivity contribution in [2.24, 2.45) is 0 Å². The number of rotatable bonds is 4. The molecule has 0 nitrogen and oxygen atoms in total. The molecule has 10 heavy (non-hydrogen) atoms. The van der Waals surface area contributed by atoms with Crippen LogP contribution in [0, 0.1) is 0 Å². The Bertz CT molecular complexity index is 73.7. The van der Waals surface area contributed by atoms with Crippen molar-refractivity contribution in [2.45, 2.75) is 17.6 Å². The third kappa shape index (κ3) is 12.2. The Morgan fingerprint density at radius 1 is 1.10 bits per heavy atom.